The van der Waals surface area contributed by atoms with Crippen LogP contribution in [0.5, 0.6) is 0 Å². The minimum Gasteiger partial charge on any atom is -0.150 e. The molecule has 3 aromatic rings. The van der Waals surface area contributed by atoms with Gasteiger partial charge in [-0.15, -0.1) is 78.4 Å². The first-order valence-corrected chi connectivity index (χ1v) is 16.4. The second-order valence-corrected chi connectivity index (χ2v) is 8.21. The van der Waals surface area contributed by atoms with Crippen molar-refractivity contribution in [2.45, 2.75) is 67.2 Å². The summed E-state index contributed by atoms with van der Waals surface area (Å²) in [5, 5.41) is 2.65. The van der Waals surface area contributed by atoms with E-state index < -0.39 is 0 Å². The number of hydrogen-bond acceptors (Lipinski definition) is 0. The molecule has 0 nitrogen and oxygen atoms in total. The Morgan fingerprint density at radius 1 is 0.861 bits per heavy atom. The van der Waals surface area contributed by atoms with E-state index >= 15 is 0 Å². The standard InChI is InChI=1S/C15H11.C9H13.2C4H9.2ClH.Si.Zr/c1-2-6-12(7-3-1)15-11-10-13-8-4-5-9-14(13)15;1-6-5-7(2)9(4)8(6)3;2*1-3-4-2;;;;/h1-11H;6H,1-4H3;2*1,3-4H2,2H3;2*1H;;/q4*-1;;;;. The predicted molar refractivity (Wildman–Crippen MR) is 166 cm³/mol. The Bertz CT molecular complexity index is 982. The minimum atomic E-state index is 0. The smallest absolute Gasteiger partial charge is 0.0623 e. The number of allylic oxidation sites excluding steroid dienone is 4. The zero-order valence-corrected chi connectivity index (χ0v) is 28.1. The molecule has 0 fully saturated rings. The van der Waals surface area contributed by atoms with E-state index in [-0.39, 0.29) is 24.8 Å². The van der Waals surface area contributed by atoms with Crippen LogP contribution in [0.25, 0.3) is 21.9 Å². The third-order valence-corrected chi connectivity index (χ3v) is 5.71. The van der Waals surface area contributed by atoms with Gasteiger partial charge in [0.1, 0.15) is 0 Å². The Hall–Kier alpha value is -0.790. The van der Waals surface area contributed by atoms with Crippen LogP contribution in [0.2, 0.25) is 0 Å². The SMILES string of the molecule is CC1=[C-]C(C)C(C)=C1C.Cl.Cl.[CH2-]CCC.[CH2-]CCC.[Si]=[Zr].c1ccc(-c2c[cH-]c3ccccc23)cc1. The molecule has 4 rings (SSSR count). The van der Waals surface area contributed by atoms with Gasteiger partial charge >= 0.3 is 30.2 Å². The summed E-state index contributed by atoms with van der Waals surface area (Å²) in [6.45, 7) is 23.2. The summed E-state index contributed by atoms with van der Waals surface area (Å²) in [6, 6.07) is 23.4. The largest absolute Gasteiger partial charge is 0.150 e. The van der Waals surface area contributed by atoms with Crippen molar-refractivity contribution < 1.29 is 23.3 Å². The molecule has 0 aromatic heterocycles. The van der Waals surface area contributed by atoms with Crippen LogP contribution in [-0.2, 0) is 23.3 Å². The van der Waals surface area contributed by atoms with Crippen molar-refractivity contribution in [1.29, 1.82) is 0 Å². The average molecular weight is 619 g/mol. The molecule has 0 saturated heterocycles. The predicted octanol–water partition coefficient (Wildman–Crippen LogP) is 10.6. The Kier molecular flexibility index (Phi) is 27.1. The maximum absolute atomic E-state index is 3.60. The number of fused-ring (bicyclic) bond motifs is 1. The molecule has 0 spiro atoms. The normalized spacial score (nSPS) is 13.0. The van der Waals surface area contributed by atoms with Gasteiger partial charge in [0, 0.05) is 0 Å². The third-order valence-electron chi connectivity index (χ3n) is 5.71. The van der Waals surface area contributed by atoms with Gasteiger partial charge in [0.05, 0.1) is 0 Å². The van der Waals surface area contributed by atoms with Gasteiger partial charge in [-0.2, -0.15) is 24.0 Å². The molecule has 1 aliphatic rings. The van der Waals surface area contributed by atoms with E-state index in [0.717, 1.165) is 12.8 Å². The van der Waals surface area contributed by atoms with E-state index in [9.17, 15) is 0 Å². The van der Waals surface area contributed by atoms with E-state index in [1.807, 2.05) is 0 Å². The summed E-state index contributed by atoms with van der Waals surface area (Å²) < 4.78 is 0. The first kappa shape index (κ1) is 39.7. The van der Waals surface area contributed by atoms with Crippen LogP contribution in [0.1, 0.15) is 67.2 Å². The van der Waals surface area contributed by atoms with Gasteiger partial charge in [0.25, 0.3) is 0 Å². The van der Waals surface area contributed by atoms with Gasteiger partial charge in [0.15, 0.2) is 0 Å². The zero-order chi connectivity index (χ0) is 25.9. The Morgan fingerprint density at radius 3 is 1.72 bits per heavy atom. The van der Waals surface area contributed by atoms with Crippen LogP contribution in [0, 0.1) is 25.8 Å². The summed E-state index contributed by atoms with van der Waals surface area (Å²) in [7, 11) is 0. The molecule has 198 valence electrons. The van der Waals surface area contributed by atoms with Crippen LogP contribution < -0.4 is 0 Å². The summed E-state index contributed by atoms with van der Waals surface area (Å²) in [5.74, 6) is 0.560. The summed E-state index contributed by atoms with van der Waals surface area (Å²) in [4.78, 5) is 0. The molecule has 0 bridgehead atoms. The van der Waals surface area contributed by atoms with Crippen molar-refractivity contribution in [1.82, 2.24) is 0 Å². The monoisotopic (exact) mass is 616 g/mol. The molecule has 1 unspecified atom stereocenters. The second kappa shape index (κ2) is 24.5. The van der Waals surface area contributed by atoms with Crippen molar-refractivity contribution in [2.75, 3.05) is 0 Å². The van der Waals surface area contributed by atoms with Gasteiger partial charge in [-0.3, -0.25) is 6.08 Å². The maximum Gasteiger partial charge on any atom is -0.0623 e. The molecule has 0 N–H and O–H groups in total. The molecule has 0 heterocycles. The molecule has 2 radical (unpaired) electrons. The van der Waals surface area contributed by atoms with Crippen molar-refractivity contribution in [2.24, 2.45) is 5.92 Å². The van der Waals surface area contributed by atoms with Crippen molar-refractivity contribution in [3.8, 4) is 11.1 Å². The summed E-state index contributed by atoms with van der Waals surface area (Å²) >= 11 is 1.36. The molecule has 1 atom stereocenters. The number of halogens is 2. The van der Waals surface area contributed by atoms with E-state index in [1.54, 1.807) is 0 Å². The number of rotatable bonds is 3. The molecular weight excluding hydrogens is 575 g/mol. The van der Waals surface area contributed by atoms with Gasteiger partial charge in [-0.1, -0.05) is 95.3 Å². The molecule has 1 aliphatic carbocycles. The molecule has 0 amide bonds. The Labute approximate surface area is 251 Å². The number of benzene rings is 2. The van der Waals surface area contributed by atoms with Crippen LogP contribution in [-0.4, -0.2) is 6.88 Å². The fourth-order valence-electron chi connectivity index (χ4n) is 3.18. The van der Waals surface area contributed by atoms with E-state index in [0.29, 0.717) is 5.92 Å². The van der Waals surface area contributed by atoms with Crippen LogP contribution in [0.15, 0.2) is 83.4 Å². The Balaban J connectivity index is -0.000000449. The fourth-order valence-corrected chi connectivity index (χ4v) is 3.18. The molecule has 4 heteroatoms. The molecular formula is C32H44Cl2SiZr-4. The summed E-state index contributed by atoms with van der Waals surface area (Å²) in [5.41, 5.74) is 6.86. The van der Waals surface area contributed by atoms with E-state index in [2.05, 4.69) is 135 Å². The average Bonchev–Trinajstić information content (AvgIpc) is 3.43. The molecule has 0 aliphatic heterocycles. The topological polar surface area (TPSA) is 0 Å². The summed E-state index contributed by atoms with van der Waals surface area (Å²) in [6.07, 6.45) is 7.91. The molecule has 0 saturated carbocycles. The third kappa shape index (κ3) is 14.2. The Morgan fingerprint density at radius 2 is 1.33 bits per heavy atom. The first-order chi connectivity index (χ1) is 16.4. The van der Waals surface area contributed by atoms with Gasteiger partial charge in [0.2, 0.25) is 0 Å². The van der Waals surface area contributed by atoms with Crippen molar-refractivity contribution in [3.63, 3.8) is 0 Å². The minimum absolute atomic E-state index is 0. The number of hydrogen-bond donors (Lipinski definition) is 0. The maximum atomic E-state index is 3.60. The van der Waals surface area contributed by atoms with Crippen molar-refractivity contribution >= 4 is 42.5 Å². The van der Waals surface area contributed by atoms with Gasteiger partial charge in [-0.05, 0) is 0 Å². The fraction of sp³-hybridized carbons (Fsp3) is 0.344. The van der Waals surface area contributed by atoms with Crippen LogP contribution in [0.4, 0.5) is 0 Å². The zero-order valence-electron chi connectivity index (χ0n) is 23.0. The van der Waals surface area contributed by atoms with Crippen molar-refractivity contribution in [3.05, 3.63) is 103 Å². The second-order valence-electron chi connectivity index (χ2n) is 8.21. The number of unbranched alkanes of at least 4 members (excludes halogenated alkanes) is 2. The van der Waals surface area contributed by atoms with Crippen LogP contribution in [0.3, 0.4) is 0 Å². The van der Waals surface area contributed by atoms with Gasteiger partial charge in [-0.25, -0.2) is 5.57 Å². The molecule has 36 heavy (non-hydrogen) atoms. The van der Waals surface area contributed by atoms with Gasteiger partial charge < -0.3 is 13.8 Å². The van der Waals surface area contributed by atoms with E-state index in [4.69, 9.17) is 0 Å². The van der Waals surface area contributed by atoms with Crippen LogP contribution >= 0.6 is 24.8 Å². The quantitative estimate of drug-likeness (QED) is 0.202. The molecule has 3 aromatic carbocycles. The van der Waals surface area contributed by atoms with E-state index in [1.165, 1.54) is 74.8 Å². The first-order valence-electron chi connectivity index (χ1n) is 12.2.